The third-order valence-electron chi connectivity index (χ3n) is 6.79. The molecule has 6 nitrogen and oxygen atoms in total. The van der Waals surface area contributed by atoms with E-state index in [-0.39, 0.29) is 18.6 Å². The molecule has 0 unspecified atom stereocenters. The Hall–Kier alpha value is -2.12. The Bertz CT molecular complexity index is 922. The van der Waals surface area contributed by atoms with Gasteiger partial charge in [-0.2, -0.15) is 0 Å². The number of carbonyl (C=O) groups is 1. The van der Waals surface area contributed by atoms with Crippen LogP contribution in [0.1, 0.15) is 66.2 Å². The lowest BCUT2D eigenvalue weighted by molar-refractivity contribution is -0.123. The number of ether oxygens (including phenoxy) is 1. The fourth-order valence-corrected chi connectivity index (χ4v) is 4.15. The zero-order valence-electron chi connectivity index (χ0n) is 19.1. The average molecular weight is 424 g/mol. The van der Waals surface area contributed by atoms with Crippen molar-refractivity contribution in [3.63, 3.8) is 0 Å². The van der Waals surface area contributed by atoms with Gasteiger partial charge in [-0.3, -0.25) is 4.79 Å². The van der Waals surface area contributed by atoms with Crippen molar-refractivity contribution in [1.82, 2.24) is 10.3 Å². The number of nitrogens with zero attached hydrogens (tertiary/aromatic N) is 1. The highest BCUT2D eigenvalue weighted by atomic mass is 16.7. The van der Waals surface area contributed by atoms with E-state index in [1.165, 1.54) is 25.7 Å². The predicted molar refractivity (Wildman–Crippen MR) is 123 cm³/mol. The summed E-state index contributed by atoms with van der Waals surface area (Å²) in [5, 5.41) is 4.10. The minimum absolute atomic E-state index is 0.0219. The van der Waals surface area contributed by atoms with Crippen LogP contribution in [0.4, 0.5) is 0 Å². The normalized spacial score (nSPS) is 21.1. The number of amides is 1. The van der Waals surface area contributed by atoms with Crippen molar-refractivity contribution in [2.75, 3.05) is 6.61 Å². The number of hydrogen-bond donors (Lipinski definition) is 1. The molecule has 1 aromatic heterocycles. The molecule has 1 N–H and O–H groups in total. The highest BCUT2D eigenvalue weighted by Gasteiger charge is 2.51. The van der Waals surface area contributed by atoms with Crippen molar-refractivity contribution in [2.45, 2.75) is 83.5 Å². The van der Waals surface area contributed by atoms with Gasteiger partial charge in [-0.05, 0) is 58.1 Å². The molecule has 31 heavy (non-hydrogen) atoms. The number of benzene rings is 1. The second-order valence-electron chi connectivity index (χ2n) is 9.73. The number of fused-ring (bicyclic) bond motifs is 1. The Kier molecular flexibility index (Phi) is 6.26. The lowest BCUT2D eigenvalue weighted by Gasteiger charge is -2.32. The standard InChI is InChI=1S/C24H33BN2O4/c1-23(2)24(3,4)31-25(30-23)18-13-11-17-12-14-22(27-20(17)15-18)29-16-21(28)26-19-9-7-5-6-8-10-19/h11-15,19H,5-10,16H2,1-4H3,(H,26,28). The molecule has 2 aliphatic rings. The van der Waals surface area contributed by atoms with Crippen LogP contribution in [0, 0.1) is 0 Å². The molecule has 7 heteroatoms. The van der Waals surface area contributed by atoms with Gasteiger partial charge in [-0.15, -0.1) is 0 Å². The van der Waals surface area contributed by atoms with Crippen molar-refractivity contribution >= 4 is 29.4 Å². The van der Waals surface area contributed by atoms with Gasteiger partial charge in [-0.25, -0.2) is 4.98 Å². The second-order valence-corrected chi connectivity index (χ2v) is 9.73. The molecule has 1 amide bonds. The first-order valence-corrected chi connectivity index (χ1v) is 11.4. The first-order chi connectivity index (χ1) is 14.7. The summed E-state index contributed by atoms with van der Waals surface area (Å²) < 4.78 is 18.0. The van der Waals surface area contributed by atoms with Gasteiger partial charge in [0.2, 0.25) is 5.88 Å². The molecule has 0 atom stereocenters. The molecular weight excluding hydrogens is 391 g/mol. The summed E-state index contributed by atoms with van der Waals surface area (Å²) in [6.07, 6.45) is 7.01. The molecule has 1 aliphatic heterocycles. The van der Waals surface area contributed by atoms with Crippen LogP contribution in [-0.4, -0.2) is 41.9 Å². The lowest BCUT2D eigenvalue weighted by atomic mass is 9.79. The largest absolute Gasteiger partial charge is 0.494 e. The van der Waals surface area contributed by atoms with E-state index in [1.54, 1.807) is 6.07 Å². The molecule has 0 spiro atoms. The van der Waals surface area contributed by atoms with Gasteiger partial charge >= 0.3 is 7.12 Å². The smallest absolute Gasteiger partial charge is 0.468 e. The molecule has 4 rings (SSSR count). The van der Waals surface area contributed by atoms with Gasteiger partial charge in [0.05, 0.1) is 16.7 Å². The summed E-state index contributed by atoms with van der Waals surface area (Å²) in [6, 6.07) is 10.0. The van der Waals surface area contributed by atoms with E-state index >= 15 is 0 Å². The molecule has 2 fully saturated rings. The van der Waals surface area contributed by atoms with Crippen molar-refractivity contribution < 1.29 is 18.8 Å². The number of rotatable bonds is 5. The van der Waals surface area contributed by atoms with E-state index in [0.717, 1.165) is 29.2 Å². The molecule has 2 aromatic rings. The van der Waals surface area contributed by atoms with Gasteiger partial charge in [0.15, 0.2) is 6.61 Å². The van der Waals surface area contributed by atoms with Crippen molar-refractivity contribution in [2.24, 2.45) is 0 Å². The number of nitrogens with one attached hydrogen (secondary N) is 1. The van der Waals surface area contributed by atoms with Crippen molar-refractivity contribution in [3.05, 3.63) is 30.3 Å². The lowest BCUT2D eigenvalue weighted by Crippen LogP contribution is -2.41. The zero-order valence-corrected chi connectivity index (χ0v) is 19.1. The third kappa shape index (κ3) is 5.04. The van der Waals surface area contributed by atoms with E-state index in [2.05, 4.69) is 10.3 Å². The van der Waals surface area contributed by atoms with Crippen LogP contribution in [0.25, 0.3) is 10.9 Å². The molecule has 166 valence electrons. The minimum atomic E-state index is -0.439. The first kappa shape index (κ1) is 22.1. The Balaban J connectivity index is 1.41. The van der Waals surface area contributed by atoms with Crippen LogP contribution in [0.5, 0.6) is 5.88 Å². The Morgan fingerprint density at radius 2 is 1.71 bits per heavy atom. The Morgan fingerprint density at radius 3 is 2.39 bits per heavy atom. The third-order valence-corrected chi connectivity index (χ3v) is 6.79. The van der Waals surface area contributed by atoms with Crippen LogP contribution >= 0.6 is 0 Å². The maximum atomic E-state index is 12.3. The maximum absolute atomic E-state index is 12.3. The topological polar surface area (TPSA) is 69.7 Å². The van der Waals surface area contributed by atoms with E-state index in [9.17, 15) is 4.79 Å². The van der Waals surface area contributed by atoms with Gasteiger partial charge in [0.25, 0.3) is 5.91 Å². The summed E-state index contributed by atoms with van der Waals surface area (Å²) in [5.41, 5.74) is 0.918. The van der Waals surface area contributed by atoms with E-state index in [0.29, 0.717) is 5.88 Å². The molecular formula is C24H33BN2O4. The number of carbonyl (C=O) groups excluding carboxylic acids is 1. The summed E-state index contributed by atoms with van der Waals surface area (Å²) in [5.74, 6) is 0.356. The first-order valence-electron chi connectivity index (χ1n) is 11.4. The highest BCUT2D eigenvalue weighted by Crippen LogP contribution is 2.36. The van der Waals surface area contributed by atoms with E-state index in [4.69, 9.17) is 14.0 Å². The molecule has 2 heterocycles. The monoisotopic (exact) mass is 424 g/mol. The Morgan fingerprint density at radius 1 is 1.06 bits per heavy atom. The summed E-state index contributed by atoms with van der Waals surface area (Å²) in [7, 11) is -0.439. The fourth-order valence-electron chi connectivity index (χ4n) is 4.15. The molecule has 1 aromatic carbocycles. The molecule has 0 bridgehead atoms. The number of pyridine rings is 1. The van der Waals surface area contributed by atoms with Gasteiger partial charge < -0.3 is 19.4 Å². The van der Waals surface area contributed by atoms with Crippen LogP contribution in [0.2, 0.25) is 0 Å². The van der Waals surface area contributed by atoms with Crippen LogP contribution in [0.3, 0.4) is 0 Å². The maximum Gasteiger partial charge on any atom is 0.494 e. The van der Waals surface area contributed by atoms with Crippen molar-refractivity contribution in [1.29, 1.82) is 0 Å². The van der Waals surface area contributed by atoms with Gasteiger partial charge in [-0.1, -0.05) is 37.8 Å². The highest BCUT2D eigenvalue weighted by molar-refractivity contribution is 6.62. The number of aromatic nitrogens is 1. The average Bonchev–Trinajstić information content (AvgIpc) is 2.88. The summed E-state index contributed by atoms with van der Waals surface area (Å²) in [6.45, 7) is 8.14. The molecule has 1 saturated carbocycles. The van der Waals surface area contributed by atoms with E-state index < -0.39 is 18.3 Å². The zero-order chi connectivity index (χ0) is 22.1. The Labute approximate surface area is 185 Å². The van der Waals surface area contributed by atoms with Crippen LogP contribution in [0.15, 0.2) is 30.3 Å². The molecule has 1 saturated heterocycles. The molecule has 0 radical (unpaired) electrons. The van der Waals surface area contributed by atoms with Gasteiger partial charge in [0, 0.05) is 17.5 Å². The summed E-state index contributed by atoms with van der Waals surface area (Å²) in [4.78, 5) is 16.9. The number of hydrogen-bond acceptors (Lipinski definition) is 5. The summed E-state index contributed by atoms with van der Waals surface area (Å²) >= 11 is 0. The van der Waals surface area contributed by atoms with E-state index in [1.807, 2.05) is 52.0 Å². The molecule has 1 aliphatic carbocycles. The van der Waals surface area contributed by atoms with Gasteiger partial charge in [0.1, 0.15) is 0 Å². The minimum Gasteiger partial charge on any atom is -0.468 e. The van der Waals surface area contributed by atoms with Crippen LogP contribution < -0.4 is 15.5 Å². The van der Waals surface area contributed by atoms with Crippen LogP contribution in [-0.2, 0) is 14.1 Å². The fraction of sp³-hybridized carbons (Fsp3) is 0.583. The quantitative estimate of drug-likeness (QED) is 0.585. The second kappa shape index (κ2) is 8.79. The van der Waals surface area contributed by atoms with Crippen molar-refractivity contribution in [3.8, 4) is 5.88 Å². The predicted octanol–water partition coefficient (Wildman–Crippen LogP) is 3.75. The SMILES string of the molecule is CC1(C)OB(c2ccc3ccc(OCC(=O)NC4CCCCCC4)nc3c2)OC1(C)C.